The molecule has 1 aromatic heterocycles. The number of hydrogen-bond donors (Lipinski definition) is 1. The Balaban J connectivity index is 2.32. The van der Waals surface area contributed by atoms with Crippen LogP contribution in [0.15, 0.2) is 36.9 Å². The van der Waals surface area contributed by atoms with Gasteiger partial charge in [0.15, 0.2) is 0 Å². The van der Waals surface area contributed by atoms with Crippen molar-refractivity contribution < 1.29 is 19.1 Å². The van der Waals surface area contributed by atoms with Gasteiger partial charge in [0, 0.05) is 11.2 Å². The van der Waals surface area contributed by atoms with Gasteiger partial charge in [-0.1, -0.05) is 12.1 Å². The second-order valence-electron chi connectivity index (χ2n) is 4.16. The van der Waals surface area contributed by atoms with Gasteiger partial charge in [-0.15, -0.1) is 17.9 Å². The summed E-state index contributed by atoms with van der Waals surface area (Å²) in [6, 6.07) is 5.90. The first kappa shape index (κ1) is 14.2. The largest absolute Gasteiger partial charge is 0.480 e. The fourth-order valence-electron chi connectivity index (χ4n) is 1.80. The number of hydrogen-bond acceptors (Lipinski definition) is 3. The number of nitrogens with zero attached hydrogens (tertiary/aromatic N) is 1. The molecule has 0 bridgehead atoms. The molecule has 1 N–H and O–H groups in total. The van der Waals surface area contributed by atoms with Crippen LogP contribution in [0, 0.1) is 5.82 Å². The average Bonchev–Trinajstić information content (AvgIpc) is 2.79. The number of amides is 1. The number of carboxylic acids is 1. The SMILES string of the molecule is C=CCN(CC(=O)O)C(=O)c1cc2ccc(F)cc2s1. The highest BCUT2D eigenvalue weighted by Crippen LogP contribution is 2.27. The van der Waals surface area contributed by atoms with Gasteiger partial charge in [0.25, 0.3) is 5.91 Å². The Labute approximate surface area is 118 Å². The summed E-state index contributed by atoms with van der Waals surface area (Å²) < 4.78 is 13.8. The second kappa shape index (κ2) is 5.83. The fourth-order valence-corrected chi connectivity index (χ4v) is 2.86. The van der Waals surface area contributed by atoms with E-state index in [4.69, 9.17) is 5.11 Å². The number of fused-ring (bicyclic) bond motifs is 1. The summed E-state index contributed by atoms with van der Waals surface area (Å²) in [5.41, 5.74) is 0. The molecule has 20 heavy (non-hydrogen) atoms. The van der Waals surface area contributed by atoms with Crippen LogP contribution in [-0.2, 0) is 4.79 Å². The first-order valence-corrected chi connectivity index (χ1v) is 6.64. The lowest BCUT2D eigenvalue weighted by atomic mass is 10.2. The molecule has 0 radical (unpaired) electrons. The molecule has 0 saturated carbocycles. The highest BCUT2D eigenvalue weighted by Gasteiger charge is 2.19. The van der Waals surface area contributed by atoms with Gasteiger partial charge in [-0.3, -0.25) is 9.59 Å². The van der Waals surface area contributed by atoms with Gasteiger partial charge in [0.05, 0.1) is 4.88 Å². The summed E-state index contributed by atoms with van der Waals surface area (Å²) in [7, 11) is 0. The normalized spacial score (nSPS) is 10.4. The fraction of sp³-hybridized carbons (Fsp3) is 0.143. The minimum atomic E-state index is -1.09. The molecule has 0 unspecified atom stereocenters. The highest BCUT2D eigenvalue weighted by molar-refractivity contribution is 7.20. The van der Waals surface area contributed by atoms with Crippen LogP contribution >= 0.6 is 11.3 Å². The Kier molecular flexibility index (Phi) is 4.14. The molecule has 0 saturated heterocycles. The van der Waals surface area contributed by atoms with Crippen molar-refractivity contribution in [1.82, 2.24) is 4.90 Å². The van der Waals surface area contributed by atoms with Crippen molar-refractivity contribution in [1.29, 1.82) is 0 Å². The van der Waals surface area contributed by atoms with E-state index in [0.29, 0.717) is 9.58 Å². The molecular formula is C14H12FNO3S. The Bertz CT molecular complexity index is 680. The third-order valence-corrected chi connectivity index (χ3v) is 3.74. The van der Waals surface area contributed by atoms with Crippen LogP contribution in [0.5, 0.6) is 0 Å². The molecule has 0 aliphatic rings. The summed E-state index contributed by atoms with van der Waals surface area (Å²) >= 11 is 1.14. The number of rotatable bonds is 5. The van der Waals surface area contributed by atoms with Crippen molar-refractivity contribution in [2.75, 3.05) is 13.1 Å². The average molecular weight is 293 g/mol. The van der Waals surface area contributed by atoms with Crippen LogP contribution in [0.3, 0.4) is 0 Å². The summed E-state index contributed by atoms with van der Waals surface area (Å²) in [6.45, 7) is 3.26. The van der Waals surface area contributed by atoms with Crippen LogP contribution in [0.4, 0.5) is 4.39 Å². The Hall–Kier alpha value is -2.21. The van der Waals surface area contributed by atoms with E-state index in [1.807, 2.05) is 0 Å². The smallest absolute Gasteiger partial charge is 0.323 e. The molecule has 2 rings (SSSR count). The van der Waals surface area contributed by atoms with Crippen molar-refractivity contribution in [2.45, 2.75) is 0 Å². The summed E-state index contributed by atoms with van der Waals surface area (Å²) in [5.74, 6) is -1.85. The van der Waals surface area contributed by atoms with Crippen molar-refractivity contribution in [2.24, 2.45) is 0 Å². The number of carbonyl (C=O) groups excluding carboxylic acids is 1. The first-order valence-electron chi connectivity index (χ1n) is 5.82. The molecule has 2 aromatic rings. The minimum absolute atomic E-state index is 0.147. The topological polar surface area (TPSA) is 57.6 Å². The van der Waals surface area contributed by atoms with E-state index < -0.39 is 18.4 Å². The van der Waals surface area contributed by atoms with Crippen molar-refractivity contribution >= 4 is 33.3 Å². The molecule has 4 nitrogen and oxygen atoms in total. The van der Waals surface area contributed by atoms with Crippen LogP contribution in [-0.4, -0.2) is 35.0 Å². The zero-order chi connectivity index (χ0) is 14.7. The number of carbonyl (C=O) groups is 2. The van der Waals surface area contributed by atoms with E-state index in [1.54, 1.807) is 12.1 Å². The molecule has 1 amide bonds. The van der Waals surface area contributed by atoms with Crippen molar-refractivity contribution in [3.63, 3.8) is 0 Å². The molecule has 6 heteroatoms. The number of benzene rings is 1. The lowest BCUT2D eigenvalue weighted by Crippen LogP contribution is -2.35. The lowest BCUT2D eigenvalue weighted by molar-refractivity contribution is -0.137. The maximum atomic E-state index is 13.1. The van der Waals surface area contributed by atoms with E-state index in [0.717, 1.165) is 16.7 Å². The van der Waals surface area contributed by atoms with Crippen LogP contribution in [0.25, 0.3) is 10.1 Å². The maximum absolute atomic E-state index is 13.1. The first-order chi connectivity index (χ1) is 9.51. The Morgan fingerprint density at radius 1 is 1.40 bits per heavy atom. The van der Waals surface area contributed by atoms with Crippen LogP contribution in [0.1, 0.15) is 9.67 Å². The predicted octanol–water partition coefficient (Wildman–Crippen LogP) is 2.75. The van der Waals surface area contributed by atoms with Gasteiger partial charge >= 0.3 is 5.97 Å². The van der Waals surface area contributed by atoms with Crippen LogP contribution < -0.4 is 0 Å². The zero-order valence-corrected chi connectivity index (χ0v) is 11.3. The molecular weight excluding hydrogens is 281 g/mol. The second-order valence-corrected chi connectivity index (χ2v) is 5.24. The monoisotopic (exact) mass is 293 g/mol. The summed E-state index contributed by atoms with van der Waals surface area (Å²) in [4.78, 5) is 24.6. The van der Waals surface area contributed by atoms with E-state index >= 15 is 0 Å². The minimum Gasteiger partial charge on any atom is -0.480 e. The van der Waals surface area contributed by atoms with E-state index in [9.17, 15) is 14.0 Å². The van der Waals surface area contributed by atoms with Gasteiger partial charge in [-0.25, -0.2) is 4.39 Å². The molecule has 0 atom stereocenters. The summed E-state index contributed by atoms with van der Waals surface area (Å²) in [5, 5.41) is 9.57. The lowest BCUT2D eigenvalue weighted by Gasteiger charge is -2.17. The zero-order valence-electron chi connectivity index (χ0n) is 10.5. The molecule has 104 valence electrons. The van der Waals surface area contributed by atoms with Gasteiger partial charge in [-0.05, 0) is 23.6 Å². The van der Waals surface area contributed by atoms with Crippen LogP contribution in [0.2, 0.25) is 0 Å². The quantitative estimate of drug-likeness (QED) is 0.862. The van der Waals surface area contributed by atoms with Gasteiger partial charge in [0.2, 0.25) is 0 Å². The standard InChI is InChI=1S/C14H12FNO3S/c1-2-5-16(8-13(17)18)14(19)12-6-9-3-4-10(15)7-11(9)20-12/h2-4,6-7H,1,5,8H2,(H,17,18). The summed E-state index contributed by atoms with van der Waals surface area (Å²) in [6.07, 6.45) is 1.47. The molecule has 0 spiro atoms. The Morgan fingerprint density at radius 3 is 2.80 bits per heavy atom. The Morgan fingerprint density at radius 2 is 2.15 bits per heavy atom. The number of aliphatic carboxylic acids is 1. The highest BCUT2D eigenvalue weighted by atomic mass is 32.1. The number of carboxylic acid groups (broad SMARTS) is 1. The third-order valence-electron chi connectivity index (χ3n) is 2.66. The predicted molar refractivity (Wildman–Crippen MR) is 75.5 cm³/mol. The number of thiophene rings is 1. The molecule has 0 aliphatic heterocycles. The van der Waals surface area contributed by atoms with E-state index in [1.165, 1.54) is 23.1 Å². The number of halogens is 1. The molecule has 0 aliphatic carbocycles. The van der Waals surface area contributed by atoms with Crippen molar-refractivity contribution in [3.8, 4) is 0 Å². The van der Waals surface area contributed by atoms with E-state index in [-0.39, 0.29) is 12.4 Å². The van der Waals surface area contributed by atoms with Gasteiger partial charge in [0.1, 0.15) is 12.4 Å². The van der Waals surface area contributed by atoms with Gasteiger partial charge < -0.3 is 10.0 Å². The maximum Gasteiger partial charge on any atom is 0.323 e. The molecule has 0 fully saturated rings. The molecule has 1 aromatic carbocycles. The van der Waals surface area contributed by atoms with Gasteiger partial charge in [-0.2, -0.15) is 0 Å². The third kappa shape index (κ3) is 3.03. The van der Waals surface area contributed by atoms with E-state index in [2.05, 4.69) is 6.58 Å². The molecule has 1 heterocycles. The van der Waals surface area contributed by atoms with Crippen molar-refractivity contribution in [3.05, 3.63) is 47.6 Å².